The number of rotatable bonds is 7. The van der Waals surface area contributed by atoms with Gasteiger partial charge < -0.3 is 16.4 Å². The summed E-state index contributed by atoms with van der Waals surface area (Å²) in [5.41, 5.74) is 6.35. The van der Waals surface area contributed by atoms with Crippen LogP contribution in [0.5, 0.6) is 0 Å². The van der Waals surface area contributed by atoms with Crippen molar-refractivity contribution in [3.63, 3.8) is 0 Å². The van der Waals surface area contributed by atoms with E-state index in [4.69, 9.17) is 16.4 Å². The first-order valence-corrected chi connectivity index (χ1v) is 8.61. The van der Waals surface area contributed by atoms with Gasteiger partial charge in [-0.05, 0) is 45.5 Å². The summed E-state index contributed by atoms with van der Waals surface area (Å²) in [5.74, 6) is 10.5. The molecule has 0 unspecified atom stereocenters. The second kappa shape index (κ2) is 9.31. The van der Waals surface area contributed by atoms with E-state index in [0.29, 0.717) is 13.2 Å². The fourth-order valence-electron chi connectivity index (χ4n) is 2.93. The first-order chi connectivity index (χ1) is 13.3. The quantitative estimate of drug-likeness (QED) is 0.384. The van der Waals surface area contributed by atoms with Crippen molar-refractivity contribution in [3.05, 3.63) is 95.1 Å². The summed E-state index contributed by atoms with van der Waals surface area (Å²) in [6.07, 6.45) is 3.26. The molecule has 0 aliphatic rings. The highest BCUT2D eigenvalue weighted by molar-refractivity contribution is 5.82. The van der Waals surface area contributed by atoms with Gasteiger partial charge in [0.25, 0.3) is 0 Å². The topological polar surface area (TPSA) is 86.0 Å². The molecule has 5 heteroatoms. The van der Waals surface area contributed by atoms with Crippen molar-refractivity contribution >= 4 is 12.4 Å². The Labute approximate surface area is 159 Å². The summed E-state index contributed by atoms with van der Waals surface area (Å²) in [6, 6.07) is 24.3. The summed E-state index contributed by atoms with van der Waals surface area (Å²) in [6.45, 7) is 1.03. The van der Waals surface area contributed by atoms with Gasteiger partial charge in [0.1, 0.15) is 0 Å². The third kappa shape index (κ3) is 5.03. The zero-order valence-corrected chi connectivity index (χ0v) is 15.0. The first kappa shape index (κ1) is 18.4. The van der Waals surface area contributed by atoms with Gasteiger partial charge in [0.15, 0.2) is 0 Å². The van der Waals surface area contributed by atoms with Gasteiger partial charge in [-0.1, -0.05) is 60.7 Å². The standard InChI is InChI=1S/C22H22N4O/c23-25-13-17-5-3-7-19(11-17)15-27-16-21-8-1-2-10-22(21)20-9-4-6-18(12-20)14-26-24/h1-14H,15-16,23-24H2. The van der Waals surface area contributed by atoms with Crippen molar-refractivity contribution in [1.82, 2.24) is 0 Å². The predicted octanol–water partition coefficient (Wildman–Crippen LogP) is 3.66. The number of hydrazone groups is 2. The molecule has 0 heterocycles. The van der Waals surface area contributed by atoms with E-state index in [2.05, 4.69) is 34.5 Å². The fraction of sp³-hybridized carbons (Fsp3) is 0.0909. The molecule has 4 N–H and O–H groups in total. The minimum absolute atomic E-state index is 0.514. The number of nitrogens with zero attached hydrogens (tertiary/aromatic N) is 2. The molecule has 0 saturated heterocycles. The SMILES string of the molecule is NN=Cc1cccc(COCc2ccccc2-c2cccc(C=NN)c2)c1. The molecule has 0 amide bonds. The van der Waals surface area contributed by atoms with Crippen LogP contribution in [0, 0.1) is 0 Å². The Balaban J connectivity index is 1.73. The molecule has 0 aliphatic heterocycles. The van der Waals surface area contributed by atoms with Gasteiger partial charge in [-0.25, -0.2) is 0 Å². The second-order valence-corrected chi connectivity index (χ2v) is 6.08. The average molecular weight is 358 g/mol. The Morgan fingerprint density at radius 2 is 1.44 bits per heavy atom. The van der Waals surface area contributed by atoms with Crippen molar-refractivity contribution in [2.45, 2.75) is 13.2 Å². The summed E-state index contributed by atoms with van der Waals surface area (Å²) in [5, 5.41) is 7.16. The van der Waals surface area contributed by atoms with Crippen LogP contribution in [0.3, 0.4) is 0 Å². The Kier molecular flexibility index (Phi) is 6.33. The van der Waals surface area contributed by atoms with Crippen LogP contribution >= 0.6 is 0 Å². The molecule has 3 aromatic carbocycles. The van der Waals surface area contributed by atoms with Crippen LogP contribution in [0.4, 0.5) is 0 Å². The molecular formula is C22H22N4O. The molecule has 3 rings (SSSR count). The number of ether oxygens (including phenoxy) is 1. The third-order valence-electron chi connectivity index (χ3n) is 4.14. The van der Waals surface area contributed by atoms with E-state index in [9.17, 15) is 0 Å². The van der Waals surface area contributed by atoms with Crippen molar-refractivity contribution in [1.29, 1.82) is 0 Å². The third-order valence-corrected chi connectivity index (χ3v) is 4.14. The Morgan fingerprint density at radius 3 is 2.22 bits per heavy atom. The minimum Gasteiger partial charge on any atom is -0.372 e. The lowest BCUT2D eigenvalue weighted by Crippen LogP contribution is -1.98. The van der Waals surface area contributed by atoms with E-state index < -0.39 is 0 Å². The van der Waals surface area contributed by atoms with Crippen molar-refractivity contribution in [2.75, 3.05) is 0 Å². The van der Waals surface area contributed by atoms with Crippen molar-refractivity contribution < 1.29 is 4.74 Å². The summed E-state index contributed by atoms with van der Waals surface area (Å²) >= 11 is 0. The van der Waals surface area contributed by atoms with Crippen molar-refractivity contribution in [3.8, 4) is 11.1 Å². The van der Waals surface area contributed by atoms with Crippen LogP contribution < -0.4 is 11.7 Å². The maximum Gasteiger partial charge on any atom is 0.0727 e. The zero-order chi connectivity index (χ0) is 18.9. The molecule has 27 heavy (non-hydrogen) atoms. The lowest BCUT2D eigenvalue weighted by Gasteiger charge is -2.11. The van der Waals surface area contributed by atoms with E-state index in [1.165, 1.54) is 0 Å². The molecule has 3 aromatic rings. The van der Waals surface area contributed by atoms with Gasteiger partial charge in [-0.2, -0.15) is 10.2 Å². The fourth-order valence-corrected chi connectivity index (χ4v) is 2.93. The van der Waals surface area contributed by atoms with E-state index >= 15 is 0 Å². The van der Waals surface area contributed by atoms with Crippen LogP contribution in [0.15, 0.2) is 83.0 Å². The molecule has 5 nitrogen and oxygen atoms in total. The monoisotopic (exact) mass is 358 g/mol. The average Bonchev–Trinajstić information content (AvgIpc) is 2.69. The van der Waals surface area contributed by atoms with Crippen LogP contribution in [-0.4, -0.2) is 12.4 Å². The molecule has 0 atom stereocenters. The molecule has 0 radical (unpaired) electrons. The van der Waals surface area contributed by atoms with Gasteiger partial charge in [-0.15, -0.1) is 0 Å². The van der Waals surface area contributed by atoms with Crippen molar-refractivity contribution in [2.24, 2.45) is 21.9 Å². The lowest BCUT2D eigenvalue weighted by atomic mass is 9.98. The van der Waals surface area contributed by atoms with Crippen LogP contribution in [0.1, 0.15) is 22.3 Å². The Morgan fingerprint density at radius 1 is 0.741 bits per heavy atom. The largest absolute Gasteiger partial charge is 0.372 e. The number of hydrogen-bond donors (Lipinski definition) is 2. The minimum atomic E-state index is 0.514. The molecule has 0 fully saturated rings. The Hall–Kier alpha value is -3.44. The first-order valence-electron chi connectivity index (χ1n) is 8.61. The summed E-state index contributed by atoms with van der Waals surface area (Å²) in [4.78, 5) is 0. The molecule has 0 aromatic heterocycles. The molecule has 0 bridgehead atoms. The molecule has 136 valence electrons. The second-order valence-electron chi connectivity index (χ2n) is 6.08. The summed E-state index contributed by atoms with van der Waals surface area (Å²) in [7, 11) is 0. The number of benzene rings is 3. The molecule has 0 spiro atoms. The lowest BCUT2D eigenvalue weighted by molar-refractivity contribution is 0.107. The van der Waals surface area contributed by atoms with Gasteiger partial charge in [0.2, 0.25) is 0 Å². The van der Waals surface area contributed by atoms with E-state index in [-0.39, 0.29) is 0 Å². The van der Waals surface area contributed by atoms with Gasteiger partial charge >= 0.3 is 0 Å². The van der Waals surface area contributed by atoms with Gasteiger partial charge in [0.05, 0.1) is 25.6 Å². The molecule has 0 saturated carbocycles. The normalized spacial score (nSPS) is 11.4. The number of hydrogen-bond acceptors (Lipinski definition) is 5. The van der Waals surface area contributed by atoms with E-state index in [0.717, 1.165) is 33.4 Å². The maximum absolute atomic E-state index is 5.96. The van der Waals surface area contributed by atoms with Gasteiger partial charge in [-0.3, -0.25) is 0 Å². The van der Waals surface area contributed by atoms with Crippen LogP contribution in [0.25, 0.3) is 11.1 Å². The molecular weight excluding hydrogens is 336 g/mol. The summed E-state index contributed by atoms with van der Waals surface area (Å²) < 4.78 is 5.96. The highest BCUT2D eigenvalue weighted by Crippen LogP contribution is 2.25. The zero-order valence-electron chi connectivity index (χ0n) is 15.0. The van der Waals surface area contributed by atoms with Gasteiger partial charge in [0, 0.05) is 0 Å². The smallest absolute Gasteiger partial charge is 0.0727 e. The van der Waals surface area contributed by atoms with E-state index in [1.54, 1.807) is 12.4 Å². The highest BCUT2D eigenvalue weighted by Gasteiger charge is 2.06. The van der Waals surface area contributed by atoms with Crippen LogP contribution in [-0.2, 0) is 18.0 Å². The van der Waals surface area contributed by atoms with E-state index in [1.807, 2.05) is 48.5 Å². The van der Waals surface area contributed by atoms with Crippen LogP contribution in [0.2, 0.25) is 0 Å². The Bertz CT molecular complexity index is 950. The molecule has 0 aliphatic carbocycles. The number of nitrogens with two attached hydrogens (primary N) is 2. The predicted molar refractivity (Wildman–Crippen MR) is 110 cm³/mol. The maximum atomic E-state index is 5.96. The highest BCUT2D eigenvalue weighted by atomic mass is 16.5.